The monoisotopic (exact) mass is 516 g/mol. The number of alkyl halides is 3. The lowest BCUT2D eigenvalue weighted by Crippen LogP contribution is -2.40. The summed E-state index contributed by atoms with van der Waals surface area (Å²) in [7, 11) is 0. The van der Waals surface area contributed by atoms with Crippen molar-refractivity contribution in [2.24, 2.45) is 0 Å². The zero-order valence-corrected chi connectivity index (χ0v) is 19.8. The molecule has 0 aliphatic carbocycles. The van der Waals surface area contributed by atoms with Gasteiger partial charge in [0.05, 0.1) is 16.0 Å². The van der Waals surface area contributed by atoms with Crippen molar-refractivity contribution in [3.05, 3.63) is 65.9 Å². The molecule has 2 aromatic heterocycles. The molecule has 2 aromatic carbocycles. The molecular formula is C26H21F5N4S. The van der Waals surface area contributed by atoms with Crippen LogP contribution in [0, 0.1) is 11.6 Å². The Morgan fingerprint density at radius 3 is 2.36 bits per heavy atom. The van der Waals surface area contributed by atoms with Gasteiger partial charge in [0, 0.05) is 34.9 Å². The zero-order chi connectivity index (χ0) is 25.0. The minimum atomic E-state index is -4.53. The molecule has 2 aliphatic rings. The smallest absolute Gasteiger partial charge is 0.361 e. The molecule has 2 fully saturated rings. The van der Waals surface area contributed by atoms with E-state index in [0.29, 0.717) is 21.5 Å². The van der Waals surface area contributed by atoms with Gasteiger partial charge < -0.3 is 10.2 Å². The van der Waals surface area contributed by atoms with Crippen molar-refractivity contribution in [1.29, 1.82) is 0 Å². The van der Waals surface area contributed by atoms with Gasteiger partial charge in [-0.2, -0.15) is 17.5 Å². The topological polar surface area (TPSA) is 41.1 Å². The largest absolute Gasteiger partial charge is 0.418 e. The van der Waals surface area contributed by atoms with E-state index in [4.69, 9.17) is 0 Å². The molecule has 2 bridgehead atoms. The molecule has 10 heteroatoms. The summed E-state index contributed by atoms with van der Waals surface area (Å²) in [5.41, 5.74) is -0.417. The van der Waals surface area contributed by atoms with Crippen molar-refractivity contribution in [3.63, 3.8) is 0 Å². The van der Waals surface area contributed by atoms with Crippen molar-refractivity contribution >= 4 is 38.8 Å². The second-order valence-electron chi connectivity index (χ2n) is 9.28. The molecule has 0 amide bonds. The highest BCUT2D eigenvalue weighted by Gasteiger charge is 2.39. The Balaban J connectivity index is 1.30. The van der Waals surface area contributed by atoms with Crippen LogP contribution < -0.4 is 10.2 Å². The minimum Gasteiger partial charge on any atom is -0.361 e. The standard InChI is InChI=1S/C26H21F5N4S/c27-20-12-15(13-21(28)24(20)35-16-3-1-4-17(35)8-7-16)33-25-18-9-6-14(11-22(18)36-34-25)23-19(26(29,30)31)5-2-10-32-23/h2,5-6,9-13,16-17H,1,3-4,7-8H2,(H,33,34). The predicted molar refractivity (Wildman–Crippen MR) is 131 cm³/mol. The van der Waals surface area contributed by atoms with Crippen LogP contribution in [-0.2, 0) is 6.18 Å². The van der Waals surface area contributed by atoms with E-state index in [2.05, 4.69) is 14.7 Å². The van der Waals surface area contributed by atoms with Crippen LogP contribution in [-0.4, -0.2) is 21.4 Å². The third-order valence-corrected chi connectivity index (χ3v) is 7.90. The molecule has 2 atom stereocenters. The SMILES string of the molecule is Fc1cc(Nc2nsc3cc(-c4ncccc4C(F)(F)F)ccc23)cc(F)c1N1C2CCCC1CC2. The van der Waals surface area contributed by atoms with Gasteiger partial charge in [0.1, 0.15) is 5.69 Å². The van der Waals surface area contributed by atoms with Crippen molar-refractivity contribution in [3.8, 4) is 11.3 Å². The summed E-state index contributed by atoms with van der Waals surface area (Å²) in [6.07, 6.45) is 1.68. The number of benzene rings is 2. The molecule has 0 radical (unpaired) electrons. The van der Waals surface area contributed by atoms with E-state index in [1.54, 1.807) is 12.1 Å². The lowest BCUT2D eigenvalue weighted by molar-refractivity contribution is -0.137. The van der Waals surface area contributed by atoms with Crippen LogP contribution in [0.1, 0.15) is 37.7 Å². The van der Waals surface area contributed by atoms with Gasteiger partial charge in [0.2, 0.25) is 0 Å². The van der Waals surface area contributed by atoms with E-state index < -0.39 is 23.4 Å². The molecule has 4 nitrogen and oxygen atoms in total. The van der Waals surface area contributed by atoms with Gasteiger partial charge in [0.25, 0.3) is 0 Å². The van der Waals surface area contributed by atoms with Gasteiger partial charge in [-0.1, -0.05) is 6.07 Å². The Kier molecular flexibility index (Phi) is 5.59. The fourth-order valence-electron chi connectivity index (χ4n) is 5.54. The van der Waals surface area contributed by atoms with E-state index in [1.165, 1.54) is 30.5 Å². The molecule has 4 aromatic rings. The van der Waals surface area contributed by atoms with Crippen LogP contribution >= 0.6 is 11.5 Å². The normalized spacial score (nSPS) is 19.8. The number of hydrogen-bond donors (Lipinski definition) is 1. The van der Waals surface area contributed by atoms with Crippen LogP contribution in [0.3, 0.4) is 0 Å². The molecule has 1 N–H and O–H groups in total. The Morgan fingerprint density at radius 2 is 1.67 bits per heavy atom. The summed E-state index contributed by atoms with van der Waals surface area (Å²) in [6.45, 7) is 0. The second-order valence-corrected chi connectivity index (χ2v) is 10.1. The van der Waals surface area contributed by atoms with E-state index in [9.17, 15) is 13.2 Å². The molecule has 186 valence electrons. The summed E-state index contributed by atoms with van der Waals surface area (Å²) in [4.78, 5) is 5.86. The second kappa shape index (κ2) is 8.69. The summed E-state index contributed by atoms with van der Waals surface area (Å²) in [6, 6.07) is 9.92. The molecule has 2 aliphatic heterocycles. The number of halogens is 5. The molecule has 4 heterocycles. The first-order chi connectivity index (χ1) is 17.3. The maximum absolute atomic E-state index is 15.1. The number of pyridine rings is 1. The molecule has 0 spiro atoms. The lowest BCUT2D eigenvalue weighted by Gasteiger charge is -2.37. The molecule has 36 heavy (non-hydrogen) atoms. The number of nitrogens with one attached hydrogen (secondary N) is 1. The van der Waals surface area contributed by atoms with Crippen LogP contribution in [0.2, 0.25) is 0 Å². The minimum absolute atomic E-state index is 0.0383. The summed E-state index contributed by atoms with van der Waals surface area (Å²) in [5.74, 6) is -0.857. The third-order valence-electron chi connectivity index (χ3n) is 7.09. The van der Waals surface area contributed by atoms with Crippen LogP contribution in [0.5, 0.6) is 0 Å². The summed E-state index contributed by atoms with van der Waals surface area (Å²) in [5, 5.41) is 3.61. The maximum atomic E-state index is 15.1. The molecule has 6 rings (SSSR count). The Labute approximate surface area is 207 Å². The van der Waals surface area contributed by atoms with Gasteiger partial charge in [-0.25, -0.2) is 8.78 Å². The van der Waals surface area contributed by atoms with Crippen LogP contribution in [0.15, 0.2) is 48.7 Å². The highest BCUT2D eigenvalue weighted by atomic mass is 32.1. The number of piperidine rings is 1. The fourth-order valence-corrected chi connectivity index (χ4v) is 6.32. The Hall–Kier alpha value is -3.27. The molecular weight excluding hydrogens is 495 g/mol. The summed E-state index contributed by atoms with van der Waals surface area (Å²) < 4.78 is 75.5. The lowest BCUT2D eigenvalue weighted by atomic mass is 10.0. The predicted octanol–water partition coefficient (Wildman–Crippen LogP) is 7.92. The first kappa shape index (κ1) is 23.1. The average Bonchev–Trinajstić information content (AvgIpc) is 3.33. The zero-order valence-electron chi connectivity index (χ0n) is 18.9. The van der Waals surface area contributed by atoms with Crippen LogP contribution in [0.4, 0.5) is 39.1 Å². The van der Waals surface area contributed by atoms with Crippen LogP contribution in [0.25, 0.3) is 21.3 Å². The molecule has 2 unspecified atom stereocenters. The first-order valence-corrected chi connectivity index (χ1v) is 12.5. The van der Waals surface area contributed by atoms with Crippen molar-refractivity contribution in [2.75, 3.05) is 10.2 Å². The van der Waals surface area contributed by atoms with Crippen molar-refractivity contribution in [2.45, 2.75) is 50.4 Å². The molecule has 2 saturated heterocycles. The average molecular weight is 517 g/mol. The number of hydrogen-bond acceptors (Lipinski definition) is 5. The quantitative estimate of drug-likeness (QED) is 0.280. The number of rotatable bonds is 4. The van der Waals surface area contributed by atoms with Gasteiger partial charge in [-0.15, -0.1) is 0 Å². The van der Waals surface area contributed by atoms with E-state index in [-0.39, 0.29) is 29.2 Å². The highest BCUT2D eigenvalue weighted by Crippen LogP contribution is 2.43. The van der Waals surface area contributed by atoms with Gasteiger partial charge in [0.15, 0.2) is 17.5 Å². The molecule has 0 saturated carbocycles. The Bertz CT molecular complexity index is 1410. The van der Waals surface area contributed by atoms with Gasteiger partial charge >= 0.3 is 6.18 Å². The number of nitrogens with zero attached hydrogens (tertiary/aromatic N) is 3. The number of aromatic nitrogens is 2. The Morgan fingerprint density at radius 1 is 0.944 bits per heavy atom. The van der Waals surface area contributed by atoms with Crippen molar-refractivity contribution in [1.82, 2.24) is 9.36 Å². The number of fused-ring (bicyclic) bond motifs is 3. The summed E-state index contributed by atoms with van der Waals surface area (Å²) >= 11 is 1.08. The first-order valence-electron chi connectivity index (χ1n) is 11.8. The maximum Gasteiger partial charge on any atom is 0.418 e. The third kappa shape index (κ3) is 3.97. The van der Waals surface area contributed by atoms with Gasteiger partial charge in [-0.3, -0.25) is 4.98 Å². The highest BCUT2D eigenvalue weighted by molar-refractivity contribution is 7.13. The van der Waals surface area contributed by atoms with E-state index in [1.807, 2.05) is 4.90 Å². The number of anilines is 3. The van der Waals surface area contributed by atoms with Crippen molar-refractivity contribution < 1.29 is 22.0 Å². The van der Waals surface area contributed by atoms with E-state index in [0.717, 1.165) is 49.7 Å². The van der Waals surface area contributed by atoms with Gasteiger partial charge in [-0.05, 0) is 80.0 Å². The van der Waals surface area contributed by atoms with E-state index >= 15 is 8.78 Å². The fraction of sp³-hybridized carbons (Fsp3) is 0.308.